The van der Waals surface area contributed by atoms with Crippen LogP contribution in [0.4, 0.5) is 0 Å². The number of unbranched alkanes of at least 4 members (excludes halogenated alkanes) is 4. The first-order valence-corrected chi connectivity index (χ1v) is 6.10. The Balaban J connectivity index is 0.00000169. The van der Waals surface area contributed by atoms with Gasteiger partial charge in [0.25, 0.3) is 0 Å². The molecule has 1 saturated heterocycles. The van der Waals surface area contributed by atoms with E-state index in [4.69, 9.17) is 0 Å². The van der Waals surface area contributed by atoms with Crippen molar-refractivity contribution in [3.63, 3.8) is 0 Å². The molecule has 0 unspecified atom stereocenters. The average Bonchev–Trinajstić information content (AvgIpc) is 2.53. The van der Waals surface area contributed by atoms with Gasteiger partial charge in [0.05, 0.1) is 26.7 Å². The topological polar surface area (TPSA) is 0 Å². The van der Waals surface area contributed by atoms with Crippen molar-refractivity contribution in [2.24, 2.45) is 0 Å². The summed E-state index contributed by atoms with van der Waals surface area (Å²) in [7, 11) is 2.44. The predicted molar refractivity (Wildman–Crippen MR) is 58.8 cm³/mol. The summed E-state index contributed by atoms with van der Waals surface area (Å²) in [5.74, 6) is 0. The van der Waals surface area contributed by atoms with Gasteiger partial charge in [-0.05, 0) is 12.8 Å². The second kappa shape index (κ2) is 7.22. The zero-order valence-electron chi connectivity index (χ0n) is 9.90. The minimum absolute atomic E-state index is 0. The Hall–Kier alpha value is -0.110. The number of likely N-dealkylation sites (tertiary alicyclic amines) is 1. The van der Waals surface area contributed by atoms with Gasteiger partial charge in [-0.25, -0.2) is 0 Å². The predicted octanol–water partition coefficient (Wildman–Crippen LogP) is 0.201. The van der Waals surface area contributed by atoms with Gasteiger partial charge in [0.2, 0.25) is 0 Å². The molecule has 0 saturated carbocycles. The molecule has 1 aliphatic heterocycles. The van der Waals surface area contributed by atoms with E-state index in [1.807, 2.05) is 0 Å². The van der Waals surface area contributed by atoms with E-state index in [2.05, 4.69) is 14.0 Å². The van der Waals surface area contributed by atoms with Crippen molar-refractivity contribution < 1.29 is 9.19 Å². The molecule has 2 heteroatoms. The van der Waals surface area contributed by atoms with Gasteiger partial charge < -0.3 is 9.19 Å². The average molecular weight is 203 g/mol. The second-order valence-corrected chi connectivity index (χ2v) is 4.91. The minimum atomic E-state index is 0. The minimum Gasteiger partial charge on any atom is -1.00 e. The standard InChI is InChI=1S/C12H26N.FH/c1-3-4-5-6-7-10-13(2)11-8-9-12-13;/h3-12H2,1-2H3;1H/q+1;/p-1. The van der Waals surface area contributed by atoms with Gasteiger partial charge in [-0.15, -0.1) is 0 Å². The molecule has 0 aromatic rings. The molecule has 1 fully saturated rings. The Kier molecular flexibility index (Phi) is 7.16. The van der Waals surface area contributed by atoms with Gasteiger partial charge in [0.1, 0.15) is 0 Å². The lowest BCUT2D eigenvalue weighted by atomic mass is 10.1. The first-order valence-electron chi connectivity index (χ1n) is 6.10. The Morgan fingerprint density at radius 1 is 0.929 bits per heavy atom. The molecule has 14 heavy (non-hydrogen) atoms. The molecule has 0 aliphatic carbocycles. The number of quaternary nitrogens is 1. The summed E-state index contributed by atoms with van der Waals surface area (Å²) in [4.78, 5) is 0. The molecule has 1 rings (SSSR count). The molecular formula is C12H26FN. The first kappa shape index (κ1) is 13.9. The fourth-order valence-electron chi connectivity index (χ4n) is 2.42. The van der Waals surface area contributed by atoms with E-state index in [1.54, 1.807) is 0 Å². The Labute approximate surface area is 88.4 Å². The molecule has 0 spiro atoms. The molecule has 86 valence electrons. The summed E-state index contributed by atoms with van der Waals surface area (Å²) >= 11 is 0. The van der Waals surface area contributed by atoms with Crippen molar-refractivity contribution in [3.05, 3.63) is 0 Å². The summed E-state index contributed by atoms with van der Waals surface area (Å²) in [5.41, 5.74) is 0. The zero-order chi connectivity index (χ0) is 9.57. The molecule has 0 N–H and O–H groups in total. The van der Waals surface area contributed by atoms with Crippen LogP contribution in [0.1, 0.15) is 51.9 Å². The molecular weight excluding hydrogens is 177 g/mol. The Bertz CT molecular complexity index is 130. The molecule has 0 aromatic carbocycles. The van der Waals surface area contributed by atoms with Gasteiger partial charge in [-0.2, -0.15) is 0 Å². The van der Waals surface area contributed by atoms with Crippen molar-refractivity contribution in [2.75, 3.05) is 26.7 Å². The zero-order valence-corrected chi connectivity index (χ0v) is 9.90. The summed E-state index contributed by atoms with van der Waals surface area (Å²) in [6.07, 6.45) is 10.1. The van der Waals surface area contributed by atoms with Gasteiger partial charge >= 0.3 is 0 Å². The van der Waals surface area contributed by atoms with E-state index in [1.165, 1.54) is 69.1 Å². The van der Waals surface area contributed by atoms with E-state index in [9.17, 15) is 0 Å². The van der Waals surface area contributed by atoms with Gasteiger partial charge in [-0.3, -0.25) is 0 Å². The van der Waals surface area contributed by atoms with Crippen LogP contribution in [-0.4, -0.2) is 31.2 Å². The second-order valence-electron chi connectivity index (χ2n) is 4.91. The maximum absolute atomic E-state index is 2.44. The molecule has 0 radical (unpaired) electrons. The highest BCUT2D eigenvalue weighted by molar-refractivity contribution is 4.52. The van der Waals surface area contributed by atoms with E-state index >= 15 is 0 Å². The summed E-state index contributed by atoms with van der Waals surface area (Å²) in [5, 5.41) is 0. The number of hydrogen-bond acceptors (Lipinski definition) is 0. The van der Waals surface area contributed by atoms with E-state index in [0.717, 1.165) is 0 Å². The Morgan fingerprint density at radius 2 is 1.50 bits per heavy atom. The maximum Gasteiger partial charge on any atom is 0.0786 e. The van der Waals surface area contributed by atoms with Crippen LogP contribution < -0.4 is 4.70 Å². The number of nitrogens with zero attached hydrogens (tertiary/aromatic N) is 1. The van der Waals surface area contributed by atoms with Crippen LogP contribution in [0.3, 0.4) is 0 Å². The first-order chi connectivity index (χ1) is 6.27. The van der Waals surface area contributed by atoms with Crippen molar-refractivity contribution in [3.8, 4) is 0 Å². The van der Waals surface area contributed by atoms with Gasteiger partial charge in [-0.1, -0.05) is 26.2 Å². The fraction of sp³-hybridized carbons (Fsp3) is 1.00. The molecule has 0 bridgehead atoms. The van der Waals surface area contributed by atoms with Gasteiger partial charge in [0.15, 0.2) is 0 Å². The number of rotatable bonds is 6. The molecule has 0 amide bonds. The van der Waals surface area contributed by atoms with Crippen molar-refractivity contribution >= 4 is 0 Å². The van der Waals surface area contributed by atoms with Gasteiger partial charge in [0, 0.05) is 12.8 Å². The van der Waals surface area contributed by atoms with Crippen LogP contribution in [0.5, 0.6) is 0 Å². The largest absolute Gasteiger partial charge is 1.00 e. The fourth-order valence-corrected chi connectivity index (χ4v) is 2.42. The third-order valence-corrected chi connectivity index (χ3v) is 3.45. The maximum atomic E-state index is 2.44. The molecule has 1 heterocycles. The van der Waals surface area contributed by atoms with Crippen molar-refractivity contribution in [2.45, 2.75) is 51.9 Å². The summed E-state index contributed by atoms with van der Waals surface area (Å²) in [6, 6.07) is 0. The SMILES string of the molecule is CCCCCCC[N+]1(C)CCCC1.[F-]. The molecule has 0 atom stereocenters. The highest BCUT2D eigenvalue weighted by Gasteiger charge is 2.25. The third-order valence-electron chi connectivity index (χ3n) is 3.45. The van der Waals surface area contributed by atoms with Crippen LogP contribution in [0, 0.1) is 0 Å². The van der Waals surface area contributed by atoms with Crippen LogP contribution in [0.15, 0.2) is 0 Å². The van der Waals surface area contributed by atoms with Crippen molar-refractivity contribution in [1.82, 2.24) is 0 Å². The van der Waals surface area contributed by atoms with Crippen molar-refractivity contribution in [1.29, 1.82) is 0 Å². The monoisotopic (exact) mass is 203 g/mol. The third kappa shape index (κ3) is 4.94. The van der Waals surface area contributed by atoms with E-state index in [-0.39, 0.29) is 4.70 Å². The molecule has 1 aliphatic rings. The lowest BCUT2D eigenvalue weighted by Gasteiger charge is -2.29. The lowest BCUT2D eigenvalue weighted by Crippen LogP contribution is -3.00. The summed E-state index contributed by atoms with van der Waals surface area (Å²) < 4.78 is 1.37. The van der Waals surface area contributed by atoms with Crippen LogP contribution in [-0.2, 0) is 0 Å². The van der Waals surface area contributed by atoms with E-state index in [0.29, 0.717) is 0 Å². The summed E-state index contributed by atoms with van der Waals surface area (Å²) in [6.45, 7) is 6.60. The van der Waals surface area contributed by atoms with E-state index < -0.39 is 0 Å². The highest BCUT2D eigenvalue weighted by Crippen LogP contribution is 2.17. The van der Waals surface area contributed by atoms with Crippen LogP contribution in [0.25, 0.3) is 0 Å². The van der Waals surface area contributed by atoms with Crippen LogP contribution in [0.2, 0.25) is 0 Å². The highest BCUT2D eigenvalue weighted by atomic mass is 19.0. The lowest BCUT2D eigenvalue weighted by molar-refractivity contribution is -0.897. The Morgan fingerprint density at radius 3 is 2.07 bits per heavy atom. The quantitative estimate of drug-likeness (QED) is 0.427. The van der Waals surface area contributed by atoms with Crippen LogP contribution >= 0.6 is 0 Å². The molecule has 0 aromatic heterocycles. The smallest absolute Gasteiger partial charge is 0.0786 e. The number of halogens is 1. The normalized spacial score (nSPS) is 19.3. The molecule has 1 nitrogen and oxygen atoms in total. The number of hydrogen-bond donors (Lipinski definition) is 0.